The molecule has 2 aromatic rings. The van der Waals surface area contributed by atoms with Gasteiger partial charge in [0.25, 0.3) is 5.92 Å². The number of rotatable bonds is 1. The Morgan fingerprint density at radius 1 is 1.13 bits per heavy atom. The van der Waals surface area contributed by atoms with E-state index in [1.807, 2.05) is 0 Å². The van der Waals surface area contributed by atoms with Crippen LogP contribution in [0.25, 0.3) is 11.0 Å². The first kappa shape index (κ1) is 10.4. The van der Waals surface area contributed by atoms with Crippen LogP contribution in [0.4, 0.5) is 8.78 Å². The summed E-state index contributed by atoms with van der Waals surface area (Å²) in [7, 11) is 0. The molecule has 0 spiro atoms. The number of alkyl halides is 2. The summed E-state index contributed by atoms with van der Waals surface area (Å²) in [6, 6.07) is 6.91. The van der Waals surface area contributed by atoms with Crippen LogP contribution in [0.2, 0.25) is 0 Å². The Balaban J connectivity index is 2.73. The van der Waals surface area contributed by atoms with Gasteiger partial charge in [0.05, 0.1) is 11.0 Å². The molecule has 15 heavy (non-hydrogen) atoms. The van der Waals surface area contributed by atoms with Gasteiger partial charge in [0, 0.05) is 6.92 Å². The maximum absolute atomic E-state index is 13.1. The van der Waals surface area contributed by atoms with Gasteiger partial charge in [-0.1, -0.05) is 12.1 Å². The molecule has 2 rings (SSSR count). The number of hydrogen-bond donors (Lipinski definition) is 0. The summed E-state index contributed by atoms with van der Waals surface area (Å²) >= 11 is 3.00. The van der Waals surface area contributed by atoms with Crippen molar-refractivity contribution in [1.29, 1.82) is 0 Å². The van der Waals surface area contributed by atoms with E-state index in [2.05, 4.69) is 25.9 Å². The van der Waals surface area contributed by atoms with Gasteiger partial charge in [0.15, 0.2) is 0 Å². The van der Waals surface area contributed by atoms with Crippen molar-refractivity contribution in [3.8, 4) is 0 Å². The second-order valence-electron chi connectivity index (χ2n) is 3.24. The van der Waals surface area contributed by atoms with Gasteiger partial charge in [-0.3, -0.25) is 0 Å². The van der Waals surface area contributed by atoms with Gasteiger partial charge < -0.3 is 0 Å². The summed E-state index contributed by atoms with van der Waals surface area (Å²) in [6.07, 6.45) is 0. The second-order valence-corrected chi connectivity index (χ2v) is 3.99. The van der Waals surface area contributed by atoms with Crippen molar-refractivity contribution < 1.29 is 8.78 Å². The first-order valence-corrected chi connectivity index (χ1v) is 5.08. The number of fused-ring (bicyclic) bond motifs is 1. The highest BCUT2D eigenvalue weighted by atomic mass is 79.9. The molecule has 0 amide bonds. The van der Waals surface area contributed by atoms with Crippen LogP contribution in [0.15, 0.2) is 28.9 Å². The Morgan fingerprint density at radius 2 is 1.67 bits per heavy atom. The van der Waals surface area contributed by atoms with E-state index < -0.39 is 5.92 Å². The quantitative estimate of drug-likeness (QED) is 0.794. The molecular weight excluding hydrogens is 266 g/mol. The summed E-state index contributed by atoms with van der Waals surface area (Å²) < 4.78 is 26.3. The average molecular weight is 273 g/mol. The van der Waals surface area contributed by atoms with Gasteiger partial charge in [-0.25, -0.2) is 9.97 Å². The van der Waals surface area contributed by atoms with Crippen LogP contribution < -0.4 is 0 Å². The predicted molar refractivity (Wildman–Crippen MR) is 56.8 cm³/mol. The molecule has 2 nitrogen and oxygen atoms in total. The van der Waals surface area contributed by atoms with E-state index in [4.69, 9.17) is 0 Å². The van der Waals surface area contributed by atoms with E-state index in [1.54, 1.807) is 24.3 Å². The van der Waals surface area contributed by atoms with Crippen LogP contribution in [0.5, 0.6) is 0 Å². The lowest BCUT2D eigenvalue weighted by Crippen LogP contribution is -2.12. The monoisotopic (exact) mass is 272 g/mol. The minimum absolute atomic E-state index is 0.0914. The van der Waals surface area contributed by atoms with E-state index >= 15 is 0 Å². The smallest absolute Gasteiger partial charge is 0.242 e. The molecule has 0 aliphatic carbocycles. The highest BCUT2D eigenvalue weighted by Gasteiger charge is 2.30. The molecule has 0 atom stereocenters. The molecule has 1 heterocycles. The van der Waals surface area contributed by atoms with Gasteiger partial charge in [-0.05, 0) is 28.1 Å². The molecule has 0 aliphatic heterocycles. The van der Waals surface area contributed by atoms with Crippen molar-refractivity contribution in [1.82, 2.24) is 9.97 Å². The second kappa shape index (κ2) is 3.48. The Labute approximate surface area is 93.5 Å². The van der Waals surface area contributed by atoms with Crippen LogP contribution in [0.1, 0.15) is 12.6 Å². The number of para-hydroxylation sites is 2. The summed E-state index contributed by atoms with van der Waals surface area (Å²) in [4.78, 5) is 7.90. The number of aromatic nitrogens is 2. The largest absolute Gasteiger partial charge is 0.289 e. The van der Waals surface area contributed by atoms with Crippen molar-refractivity contribution in [2.24, 2.45) is 0 Å². The zero-order valence-corrected chi connectivity index (χ0v) is 9.42. The molecule has 1 aromatic carbocycles. The molecule has 5 heteroatoms. The minimum atomic E-state index is -2.99. The average Bonchev–Trinajstić information content (AvgIpc) is 2.15. The molecule has 0 aliphatic rings. The SMILES string of the molecule is CC(F)(F)c1nc2ccccc2nc1Br. The van der Waals surface area contributed by atoms with Crippen molar-refractivity contribution in [2.75, 3.05) is 0 Å². The highest BCUT2D eigenvalue weighted by Crippen LogP contribution is 2.31. The van der Waals surface area contributed by atoms with Gasteiger partial charge in [-0.15, -0.1) is 0 Å². The van der Waals surface area contributed by atoms with Crippen LogP contribution in [-0.4, -0.2) is 9.97 Å². The Morgan fingerprint density at radius 3 is 2.20 bits per heavy atom. The fourth-order valence-corrected chi connectivity index (χ4v) is 1.89. The molecular formula is C10H7BrF2N2. The molecule has 0 fully saturated rings. The zero-order chi connectivity index (χ0) is 11.1. The molecule has 0 N–H and O–H groups in total. The van der Waals surface area contributed by atoms with Crippen LogP contribution in [0.3, 0.4) is 0 Å². The predicted octanol–water partition coefficient (Wildman–Crippen LogP) is 3.50. The van der Waals surface area contributed by atoms with Crippen LogP contribution in [-0.2, 0) is 5.92 Å². The maximum atomic E-state index is 13.1. The number of halogens is 3. The zero-order valence-electron chi connectivity index (χ0n) is 7.84. The standard InChI is InChI=1S/C10H7BrF2N2/c1-10(12,13)8-9(11)15-7-5-3-2-4-6(7)14-8/h2-5H,1H3. The molecule has 1 aromatic heterocycles. The first-order valence-electron chi connectivity index (χ1n) is 4.29. The normalized spacial score (nSPS) is 12.0. The van der Waals surface area contributed by atoms with Crippen LogP contribution in [0, 0.1) is 0 Å². The summed E-state index contributed by atoms with van der Waals surface area (Å²) in [5, 5.41) is 0. The van der Waals surface area contributed by atoms with E-state index in [0.717, 1.165) is 6.92 Å². The molecule has 0 radical (unpaired) electrons. The maximum Gasteiger partial charge on any atom is 0.289 e. The van der Waals surface area contributed by atoms with E-state index in [9.17, 15) is 8.78 Å². The van der Waals surface area contributed by atoms with E-state index in [1.165, 1.54) is 0 Å². The van der Waals surface area contributed by atoms with Crippen molar-refractivity contribution in [2.45, 2.75) is 12.8 Å². The fraction of sp³-hybridized carbons (Fsp3) is 0.200. The lowest BCUT2D eigenvalue weighted by atomic mass is 10.2. The molecule has 0 saturated heterocycles. The van der Waals surface area contributed by atoms with E-state index in [-0.39, 0.29) is 10.3 Å². The fourth-order valence-electron chi connectivity index (χ4n) is 1.26. The third kappa shape index (κ3) is 1.97. The molecule has 0 bridgehead atoms. The Bertz CT molecular complexity index is 508. The Kier molecular flexibility index (Phi) is 2.42. The Hall–Kier alpha value is -1.10. The van der Waals surface area contributed by atoms with Gasteiger partial charge in [-0.2, -0.15) is 8.78 Å². The number of nitrogens with zero attached hydrogens (tertiary/aromatic N) is 2. The number of hydrogen-bond acceptors (Lipinski definition) is 2. The summed E-state index contributed by atoms with van der Waals surface area (Å²) in [6.45, 7) is 0.802. The lowest BCUT2D eigenvalue weighted by molar-refractivity contribution is 0.0118. The third-order valence-electron chi connectivity index (χ3n) is 1.94. The summed E-state index contributed by atoms with van der Waals surface area (Å²) in [5.74, 6) is -2.99. The van der Waals surface area contributed by atoms with Gasteiger partial charge in [0.2, 0.25) is 0 Å². The number of benzene rings is 1. The minimum Gasteiger partial charge on any atom is -0.242 e. The topological polar surface area (TPSA) is 25.8 Å². The van der Waals surface area contributed by atoms with Crippen LogP contribution >= 0.6 is 15.9 Å². The van der Waals surface area contributed by atoms with Crippen molar-refractivity contribution >= 4 is 27.0 Å². The molecule has 0 saturated carbocycles. The highest BCUT2D eigenvalue weighted by molar-refractivity contribution is 9.10. The molecule has 0 unspecified atom stereocenters. The van der Waals surface area contributed by atoms with Gasteiger partial charge in [0.1, 0.15) is 10.3 Å². The van der Waals surface area contributed by atoms with Crippen molar-refractivity contribution in [3.63, 3.8) is 0 Å². The van der Waals surface area contributed by atoms with Crippen molar-refractivity contribution in [3.05, 3.63) is 34.6 Å². The van der Waals surface area contributed by atoms with E-state index in [0.29, 0.717) is 11.0 Å². The first-order chi connectivity index (χ1) is 6.98. The molecule has 78 valence electrons. The van der Waals surface area contributed by atoms with Gasteiger partial charge >= 0.3 is 0 Å². The lowest BCUT2D eigenvalue weighted by Gasteiger charge is -2.11. The third-order valence-corrected chi connectivity index (χ3v) is 2.50. The summed E-state index contributed by atoms with van der Waals surface area (Å²) in [5.41, 5.74) is 0.732.